The van der Waals surface area contributed by atoms with Gasteiger partial charge in [-0.15, -0.1) is 0 Å². The lowest BCUT2D eigenvalue weighted by atomic mass is 10.2. The molecule has 2 saturated heterocycles. The Morgan fingerprint density at radius 3 is 2.70 bits per heavy atom. The number of ether oxygens (including phenoxy) is 2. The Morgan fingerprint density at radius 2 is 2.06 bits per heavy atom. The number of carbonyl (C=O) groups is 2. The van der Waals surface area contributed by atoms with E-state index in [0.717, 1.165) is 0 Å². The Balaban J connectivity index is 1.36. The summed E-state index contributed by atoms with van der Waals surface area (Å²) in [5.41, 5.74) is 1.10. The van der Waals surface area contributed by atoms with Gasteiger partial charge in [0.2, 0.25) is 0 Å². The Morgan fingerprint density at radius 1 is 1.30 bits per heavy atom. The summed E-state index contributed by atoms with van der Waals surface area (Å²) in [5.74, 6) is -0.0819. The van der Waals surface area contributed by atoms with Gasteiger partial charge in [-0.2, -0.15) is 0 Å². The quantitative estimate of drug-likeness (QED) is 0.648. The second-order valence-electron chi connectivity index (χ2n) is 7.73. The molecular weight excluding hydrogens is 453 g/mol. The summed E-state index contributed by atoms with van der Waals surface area (Å²) in [6.45, 7) is 4.09. The number of cyclic esters (lactones) is 1. The lowest BCUT2D eigenvalue weighted by Gasteiger charge is -2.36. The van der Waals surface area contributed by atoms with Crippen LogP contribution in [0.3, 0.4) is 0 Å². The number of hydrogen-bond donors (Lipinski definition) is 1. The van der Waals surface area contributed by atoms with E-state index in [9.17, 15) is 14.0 Å². The monoisotopic (exact) mass is 477 g/mol. The normalized spacial score (nSPS) is 18.3. The van der Waals surface area contributed by atoms with E-state index in [1.165, 1.54) is 18.1 Å². The van der Waals surface area contributed by atoms with Crippen LogP contribution in [0.25, 0.3) is 0 Å². The number of aryl methyl sites for hydroxylation is 1. The summed E-state index contributed by atoms with van der Waals surface area (Å²) in [6, 6.07) is 6.25. The zero-order chi connectivity index (χ0) is 23.5. The number of rotatable bonds is 5. The summed E-state index contributed by atoms with van der Waals surface area (Å²) in [5, 5.41) is 6.81. The first-order chi connectivity index (χ1) is 15.9. The molecule has 33 heavy (non-hydrogen) atoms. The van der Waals surface area contributed by atoms with E-state index in [2.05, 4.69) is 10.5 Å². The third kappa shape index (κ3) is 5.00. The number of benzene rings is 1. The highest BCUT2D eigenvalue weighted by Gasteiger charge is 2.33. The number of carbonyl (C=O) groups excluding carboxylic acids is 2. The van der Waals surface area contributed by atoms with Gasteiger partial charge < -0.3 is 29.1 Å². The first-order valence-electron chi connectivity index (χ1n) is 10.4. The molecule has 2 aromatic rings. The predicted molar refractivity (Wildman–Crippen MR) is 121 cm³/mol. The van der Waals surface area contributed by atoms with Gasteiger partial charge in [0.15, 0.2) is 5.69 Å². The maximum absolute atomic E-state index is 15.0. The minimum absolute atomic E-state index is 0.204. The standard InChI is InChI=1S/C21H24FN5O5S/c1-13-9-17(24-32-13)19(28)26-7-5-25(6-8-26)18-4-3-14(10-16(18)22)27-12-15(31-21(27)29)11-23-20(33)30-2/h3-4,9-10,15H,5-8,11-12H2,1-2H3,(H,23,33). The van der Waals surface area contributed by atoms with E-state index in [1.807, 2.05) is 4.90 Å². The molecule has 2 amide bonds. The number of aromatic nitrogens is 1. The molecule has 176 valence electrons. The highest BCUT2D eigenvalue weighted by Crippen LogP contribution is 2.28. The third-order valence-electron chi connectivity index (χ3n) is 5.53. The minimum atomic E-state index is -0.549. The molecule has 1 aromatic carbocycles. The van der Waals surface area contributed by atoms with Crippen molar-refractivity contribution in [2.24, 2.45) is 0 Å². The fourth-order valence-electron chi connectivity index (χ4n) is 3.81. The first kappa shape index (κ1) is 22.8. The average Bonchev–Trinajstić information content (AvgIpc) is 3.42. The van der Waals surface area contributed by atoms with Crippen molar-refractivity contribution in [3.8, 4) is 0 Å². The molecule has 1 unspecified atom stereocenters. The number of amides is 2. The highest BCUT2D eigenvalue weighted by atomic mass is 32.1. The molecule has 2 aliphatic rings. The Hall–Kier alpha value is -3.41. The zero-order valence-electron chi connectivity index (χ0n) is 18.2. The number of halogens is 1. The predicted octanol–water partition coefficient (Wildman–Crippen LogP) is 1.93. The minimum Gasteiger partial charge on any atom is -0.474 e. The lowest BCUT2D eigenvalue weighted by molar-refractivity contribution is 0.0736. The SMILES string of the molecule is COC(=S)NCC1CN(c2ccc(N3CCN(C(=O)c4cc(C)on4)CC3)c(F)c2)C(=O)O1. The molecule has 10 nitrogen and oxygen atoms in total. The zero-order valence-corrected chi connectivity index (χ0v) is 19.1. The van der Waals surface area contributed by atoms with Crippen LogP contribution < -0.4 is 15.1 Å². The number of nitrogens with one attached hydrogen (secondary N) is 1. The van der Waals surface area contributed by atoms with Crippen LogP contribution in [0.2, 0.25) is 0 Å². The number of piperazine rings is 1. The largest absolute Gasteiger partial charge is 0.474 e. The molecular formula is C21H24FN5O5S. The van der Waals surface area contributed by atoms with E-state index in [4.69, 9.17) is 26.2 Å². The summed E-state index contributed by atoms with van der Waals surface area (Å²) in [6.07, 6.45) is -0.986. The lowest BCUT2D eigenvalue weighted by Crippen LogP contribution is -2.49. The fourth-order valence-corrected chi connectivity index (χ4v) is 3.89. The number of hydrogen-bond acceptors (Lipinski definition) is 8. The van der Waals surface area contributed by atoms with Crippen LogP contribution in [0.4, 0.5) is 20.6 Å². The fraction of sp³-hybridized carbons (Fsp3) is 0.429. The van der Waals surface area contributed by atoms with Gasteiger partial charge in [-0.25, -0.2) is 9.18 Å². The van der Waals surface area contributed by atoms with E-state index in [1.54, 1.807) is 30.0 Å². The van der Waals surface area contributed by atoms with Crippen molar-refractivity contribution in [3.05, 3.63) is 41.5 Å². The van der Waals surface area contributed by atoms with Crippen molar-refractivity contribution in [1.82, 2.24) is 15.4 Å². The Bertz CT molecular complexity index is 1060. The van der Waals surface area contributed by atoms with Crippen LogP contribution >= 0.6 is 12.2 Å². The highest BCUT2D eigenvalue weighted by molar-refractivity contribution is 7.80. The topological polar surface area (TPSA) is 100 Å². The molecule has 1 N–H and O–H groups in total. The van der Waals surface area contributed by atoms with Gasteiger partial charge in [0.05, 0.1) is 31.6 Å². The maximum Gasteiger partial charge on any atom is 0.414 e. The summed E-state index contributed by atoms with van der Waals surface area (Å²) in [7, 11) is 1.45. The molecule has 0 radical (unpaired) electrons. The van der Waals surface area contributed by atoms with E-state index in [-0.39, 0.29) is 23.3 Å². The van der Waals surface area contributed by atoms with Gasteiger partial charge in [-0.05, 0) is 37.3 Å². The van der Waals surface area contributed by atoms with Crippen molar-refractivity contribution < 1.29 is 28.0 Å². The van der Waals surface area contributed by atoms with Crippen LogP contribution in [-0.2, 0) is 9.47 Å². The molecule has 0 aliphatic carbocycles. The molecule has 0 bridgehead atoms. The number of anilines is 2. The molecule has 12 heteroatoms. The van der Waals surface area contributed by atoms with Crippen molar-refractivity contribution >= 4 is 40.8 Å². The van der Waals surface area contributed by atoms with Crippen molar-refractivity contribution in [1.29, 1.82) is 0 Å². The van der Waals surface area contributed by atoms with E-state index >= 15 is 0 Å². The molecule has 1 atom stereocenters. The molecule has 2 fully saturated rings. The molecule has 1 aromatic heterocycles. The maximum atomic E-state index is 15.0. The van der Waals surface area contributed by atoms with Crippen LogP contribution in [0, 0.1) is 12.7 Å². The smallest absolute Gasteiger partial charge is 0.414 e. The molecule has 2 aliphatic heterocycles. The van der Waals surface area contributed by atoms with Crippen LogP contribution in [0.5, 0.6) is 0 Å². The van der Waals surface area contributed by atoms with Gasteiger partial charge >= 0.3 is 6.09 Å². The van der Waals surface area contributed by atoms with Gasteiger partial charge in [0.25, 0.3) is 11.1 Å². The molecule has 4 rings (SSSR count). The second-order valence-corrected chi connectivity index (χ2v) is 8.10. The number of thiocarbonyl (C=S) groups is 1. The Labute approximate surface area is 195 Å². The summed E-state index contributed by atoms with van der Waals surface area (Å²) >= 11 is 4.91. The van der Waals surface area contributed by atoms with Gasteiger partial charge in [0.1, 0.15) is 17.7 Å². The molecule has 0 spiro atoms. The van der Waals surface area contributed by atoms with Crippen molar-refractivity contribution in [3.63, 3.8) is 0 Å². The van der Waals surface area contributed by atoms with Crippen LogP contribution in [0.15, 0.2) is 28.8 Å². The van der Waals surface area contributed by atoms with E-state index in [0.29, 0.717) is 49.9 Å². The first-order valence-corrected chi connectivity index (χ1v) is 10.8. The van der Waals surface area contributed by atoms with Crippen LogP contribution in [0.1, 0.15) is 16.2 Å². The average molecular weight is 478 g/mol. The third-order valence-corrected chi connectivity index (χ3v) is 5.84. The molecule has 3 heterocycles. The van der Waals surface area contributed by atoms with Gasteiger partial charge in [0, 0.05) is 32.2 Å². The molecule has 0 saturated carbocycles. The number of nitrogens with zero attached hydrogens (tertiary/aromatic N) is 4. The van der Waals surface area contributed by atoms with Gasteiger partial charge in [-0.3, -0.25) is 9.69 Å². The second kappa shape index (κ2) is 9.61. The summed E-state index contributed by atoms with van der Waals surface area (Å²) < 4.78 is 30.1. The van der Waals surface area contributed by atoms with Crippen molar-refractivity contribution in [2.45, 2.75) is 13.0 Å². The Kier molecular flexibility index (Phi) is 6.63. The van der Waals surface area contributed by atoms with E-state index < -0.39 is 18.0 Å². The number of methoxy groups -OCH3 is 1. The summed E-state index contributed by atoms with van der Waals surface area (Å²) in [4.78, 5) is 29.7. The van der Waals surface area contributed by atoms with Crippen molar-refractivity contribution in [2.75, 3.05) is 56.2 Å². The van der Waals surface area contributed by atoms with Crippen LogP contribution in [-0.4, -0.2) is 79.7 Å². The van der Waals surface area contributed by atoms with Gasteiger partial charge in [-0.1, -0.05) is 5.16 Å².